The van der Waals surface area contributed by atoms with E-state index in [2.05, 4.69) is 20.7 Å². The Kier molecular flexibility index (Phi) is 5.75. The average molecular weight is 413 g/mol. The molecule has 5 nitrogen and oxygen atoms in total. The van der Waals surface area contributed by atoms with Gasteiger partial charge < -0.3 is 5.32 Å². The van der Waals surface area contributed by atoms with Crippen molar-refractivity contribution < 1.29 is 0 Å². The number of halogens is 3. The average Bonchev–Trinajstić information content (AvgIpc) is 2.98. The Balaban J connectivity index is 1.64. The quantitative estimate of drug-likeness (QED) is 0.584. The van der Waals surface area contributed by atoms with Crippen LogP contribution in [0.2, 0.25) is 15.1 Å². The molecule has 2 N–H and O–H groups in total. The van der Waals surface area contributed by atoms with Crippen LogP contribution in [-0.4, -0.2) is 19.9 Å². The zero-order valence-corrected chi connectivity index (χ0v) is 15.8. The monoisotopic (exact) mass is 411 g/mol. The van der Waals surface area contributed by atoms with E-state index in [0.717, 1.165) is 11.3 Å². The Bertz CT molecular complexity index is 892. The number of nitrogens with one attached hydrogen (secondary N) is 2. The second kappa shape index (κ2) is 8.01. The van der Waals surface area contributed by atoms with Crippen LogP contribution in [0.4, 0.5) is 11.6 Å². The first-order valence-corrected chi connectivity index (χ1v) is 8.71. The Morgan fingerprint density at radius 2 is 1.76 bits per heavy atom. The predicted molar refractivity (Wildman–Crippen MR) is 107 cm³/mol. The summed E-state index contributed by atoms with van der Waals surface area (Å²) >= 11 is 23.5. The standard InChI is InChI=1S/C16H12Cl3N5S/c17-10-3-1-4-11(7-10)21-16(25)22-15-20-9-24(23-15)8-12-13(18)5-2-6-14(12)19/h1-7,9H,8H2,(H2,21,22,23,25). The van der Waals surface area contributed by atoms with Gasteiger partial charge in [0, 0.05) is 26.3 Å². The van der Waals surface area contributed by atoms with Gasteiger partial charge in [-0.2, -0.15) is 0 Å². The highest BCUT2D eigenvalue weighted by molar-refractivity contribution is 7.80. The van der Waals surface area contributed by atoms with Crippen molar-refractivity contribution in [1.82, 2.24) is 14.8 Å². The van der Waals surface area contributed by atoms with E-state index in [4.69, 9.17) is 47.0 Å². The summed E-state index contributed by atoms with van der Waals surface area (Å²) < 4.78 is 1.62. The molecule has 9 heteroatoms. The van der Waals surface area contributed by atoms with Gasteiger partial charge in [-0.3, -0.25) is 5.32 Å². The maximum atomic E-state index is 6.17. The van der Waals surface area contributed by atoms with Crippen molar-refractivity contribution in [3.05, 3.63) is 69.4 Å². The molecule has 0 aliphatic rings. The second-order valence-corrected chi connectivity index (χ2v) is 6.71. The van der Waals surface area contributed by atoms with Crippen molar-refractivity contribution >= 4 is 63.8 Å². The molecular formula is C16H12Cl3N5S. The zero-order chi connectivity index (χ0) is 17.8. The third-order valence-electron chi connectivity index (χ3n) is 3.23. The number of anilines is 2. The van der Waals surface area contributed by atoms with E-state index >= 15 is 0 Å². The van der Waals surface area contributed by atoms with E-state index in [-0.39, 0.29) is 0 Å². The van der Waals surface area contributed by atoms with Gasteiger partial charge in [-0.05, 0) is 42.5 Å². The number of rotatable bonds is 4. The van der Waals surface area contributed by atoms with Crippen molar-refractivity contribution in [1.29, 1.82) is 0 Å². The van der Waals surface area contributed by atoms with Crippen LogP contribution in [0.25, 0.3) is 0 Å². The van der Waals surface area contributed by atoms with E-state index in [9.17, 15) is 0 Å². The smallest absolute Gasteiger partial charge is 0.248 e. The summed E-state index contributed by atoms with van der Waals surface area (Å²) in [5.41, 5.74) is 1.55. The molecule has 0 saturated carbocycles. The topological polar surface area (TPSA) is 54.8 Å². The minimum Gasteiger partial charge on any atom is -0.332 e. The second-order valence-electron chi connectivity index (χ2n) is 5.06. The van der Waals surface area contributed by atoms with Crippen molar-refractivity contribution in [2.24, 2.45) is 0 Å². The number of aromatic nitrogens is 3. The van der Waals surface area contributed by atoms with E-state index in [0.29, 0.717) is 32.7 Å². The largest absolute Gasteiger partial charge is 0.332 e. The van der Waals surface area contributed by atoms with Crippen LogP contribution < -0.4 is 10.6 Å². The fourth-order valence-electron chi connectivity index (χ4n) is 2.10. The summed E-state index contributed by atoms with van der Waals surface area (Å²) in [6.45, 7) is 0.404. The molecule has 3 aromatic rings. The highest BCUT2D eigenvalue weighted by Gasteiger charge is 2.09. The van der Waals surface area contributed by atoms with Crippen molar-refractivity contribution in [3.63, 3.8) is 0 Å². The summed E-state index contributed by atoms with van der Waals surface area (Å²) in [6, 6.07) is 12.6. The normalized spacial score (nSPS) is 10.5. The first kappa shape index (κ1) is 17.9. The molecule has 1 heterocycles. The Morgan fingerprint density at radius 3 is 2.48 bits per heavy atom. The Morgan fingerprint density at radius 1 is 1.04 bits per heavy atom. The highest BCUT2D eigenvalue weighted by Crippen LogP contribution is 2.25. The number of thiocarbonyl (C=S) groups is 1. The fraction of sp³-hybridized carbons (Fsp3) is 0.0625. The van der Waals surface area contributed by atoms with Crippen LogP contribution >= 0.6 is 47.0 Å². The number of hydrogen-bond acceptors (Lipinski definition) is 3. The van der Waals surface area contributed by atoms with Gasteiger partial charge in [0.1, 0.15) is 6.33 Å². The first-order chi connectivity index (χ1) is 12.0. The van der Waals surface area contributed by atoms with E-state index in [1.165, 1.54) is 0 Å². The van der Waals surface area contributed by atoms with Crippen LogP contribution in [0.5, 0.6) is 0 Å². The summed E-state index contributed by atoms with van der Waals surface area (Å²) in [4.78, 5) is 4.17. The molecule has 1 aromatic heterocycles. The lowest BCUT2D eigenvalue weighted by atomic mass is 10.2. The molecule has 3 rings (SSSR count). The molecule has 0 spiro atoms. The van der Waals surface area contributed by atoms with Gasteiger partial charge >= 0.3 is 0 Å². The summed E-state index contributed by atoms with van der Waals surface area (Å²) in [6.07, 6.45) is 1.57. The third kappa shape index (κ3) is 4.83. The maximum absolute atomic E-state index is 6.17. The molecule has 25 heavy (non-hydrogen) atoms. The van der Waals surface area contributed by atoms with Gasteiger partial charge in [0.15, 0.2) is 5.11 Å². The van der Waals surface area contributed by atoms with Gasteiger partial charge in [-0.25, -0.2) is 9.67 Å². The number of nitrogens with zero attached hydrogens (tertiary/aromatic N) is 3. The molecule has 2 aromatic carbocycles. The van der Waals surface area contributed by atoms with Crippen LogP contribution in [-0.2, 0) is 6.54 Å². The lowest BCUT2D eigenvalue weighted by Gasteiger charge is -2.08. The third-order valence-corrected chi connectivity index (χ3v) is 4.37. The van der Waals surface area contributed by atoms with Gasteiger partial charge in [0.25, 0.3) is 0 Å². The van der Waals surface area contributed by atoms with Crippen molar-refractivity contribution in [2.45, 2.75) is 6.54 Å². The van der Waals surface area contributed by atoms with Gasteiger partial charge in [-0.1, -0.05) is 46.9 Å². The number of hydrogen-bond donors (Lipinski definition) is 2. The molecule has 0 atom stereocenters. The molecule has 128 valence electrons. The molecule has 0 aliphatic heterocycles. The van der Waals surface area contributed by atoms with Crippen LogP contribution in [0, 0.1) is 0 Å². The lowest BCUT2D eigenvalue weighted by molar-refractivity contribution is 0.687. The van der Waals surface area contributed by atoms with Gasteiger partial charge in [0.2, 0.25) is 5.95 Å². The van der Waals surface area contributed by atoms with Crippen LogP contribution in [0.15, 0.2) is 48.8 Å². The summed E-state index contributed by atoms with van der Waals surface area (Å²) in [5, 5.41) is 12.4. The number of benzene rings is 2. The Hall–Kier alpha value is -1.86. The zero-order valence-electron chi connectivity index (χ0n) is 12.7. The van der Waals surface area contributed by atoms with Gasteiger partial charge in [0.05, 0.1) is 6.54 Å². The molecule has 0 aliphatic carbocycles. The van der Waals surface area contributed by atoms with Crippen LogP contribution in [0.1, 0.15) is 5.56 Å². The summed E-state index contributed by atoms with van der Waals surface area (Å²) in [7, 11) is 0. The molecular weight excluding hydrogens is 401 g/mol. The fourth-order valence-corrected chi connectivity index (χ4v) is 3.02. The van der Waals surface area contributed by atoms with E-state index < -0.39 is 0 Å². The van der Waals surface area contributed by atoms with Crippen LogP contribution in [0.3, 0.4) is 0 Å². The van der Waals surface area contributed by atoms with E-state index in [1.807, 2.05) is 12.1 Å². The SMILES string of the molecule is S=C(Nc1cccc(Cl)c1)Nc1ncn(Cc2c(Cl)cccc2Cl)n1. The maximum Gasteiger partial charge on any atom is 0.248 e. The molecule has 0 fully saturated rings. The molecule has 0 saturated heterocycles. The Labute approximate surface area is 164 Å². The van der Waals surface area contributed by atoms with Gasteiger partial charge in [-0.15, -0.1) is 5.10 Å². The minimum atomic E-state index is 0.357. The lowest BCUT2D eigenvalue weighted by Crippen LogP contribution is -2.20. The van der Waals surface area contributed by atoms with Crippen molar-refractivity contribution in [2.75, 3.05) is 10.6 Å². The summed E-state index contributed by atoms with van der Waals surface area (Å²) in [5.74, 6) is 0.364. The first-order valence-electron chi connectivity index (χ1n) is 7.17. The van der Waals surface area contributed by atoms with E-state index in [1.54, 1.807) is 41.3 Å². The predicted octanol–water partition coefficient (Wildman–Crippen LogP) is 5.10. The highest BCUT2D eigenvalue weighted by atomic mass is 35.5. The molecule has 0 amide bonds. The minimum absolute atomic E-state index is 0.357. The molecule has 0 radical (unpaired) electrons. The molecule has 0 unspecified atom stereocenters. The molecule has 0 bridgehead atoms. The van der Waals surface area contributed by atoms with Crippen molar-refractivity contribution in [3.8, 4) is 0 Å².